The molecule has 1 aromatic carbocycles. The quantitative estimate of drug-likeness (QED) is 0.647. The number of aromatic nitrogens is 2. The van der Waals surface area contributed by atoms with Gasteiger partial charge in [0.25, 0.3) is 5.69 Å². The van der Waals surface area contributed by atoms with Gasteiger partial charge in [0.1, 0.15) is 17.5 Å². The number of rotatable bonds is 6. The first-order valence-corrected chi connectivity index (χ1v) is 8.49. The van der Waals surface area contributed by atoms with Crippen LogP contribution < -0.4 is 5.32 Å². The Kier molecular flexibility index (Phi) is 5.20. The van der Waals surface area contributed by atoms with Crippen LogP contribution in [0.2, 0.25) is 0 Å². The summed E-state index contributed by atoms with van der Waals surface area (Å²) in [7, 11) is 0. The molecule has 0 bridgehead atoms. The van der Waals surface area contributed by atoms with Gasteiger partial charge in [0.05, 0.1) is 10.4 Å². The second-order valence-corrected chi connectivity index (χ2v) is 6.50. The first-order chi connectivity index (χ1) is 11.6. The lowest BCUT2D eigenvalue weighted by Gasteiger charge is -2.29. The SMILES string of the molecule is C[C@H](CNc1ncnc2cccc([N+](=O)[O-])c12)CN1CCCCC1. The third kappa shape index (κ3) is 3.79. The molecule has 24 heavy (non-hydrogen) atoms. The van der Waals surface area contributed by atoms with Crippen molar-refractivity contribution in [2.24, 2.45) is 5.92 Å². The summed E-state index contributed by atoms with van der Waals surface area (Å²) in [5.74, 6) is 0.980. The Bertz CT molecular complexity index is 710. The van der Waals surface area contributed by atoms with E-state index in [1.165, 1.54) is 44.7 Å². The minimum absolute atomic E-state index is 0.0410. The van der Waals surface area contributed by atoms with E-state index in [1.807, 2.05) is 0 Å². The molecule has 1 saturated heterocycles. The van der Waals surface area contributed by atoms with Crippen LogP contribution in [-0.2, 0) is 0 Å². The number of benzene rings is 1. The molecule has 0 saturated carbocycles. The number of fused-ring (bicyclic) bond motifs is 1. The average molecular weight is 329 g/mol. The summed E-state index contributed by atoms with van der Waals surface area (Å²) in [4.78, 5) is 21.8. The van der Waals surface area contributed by atoms with Gasteiger partial charge < -0.3 is 10.2 Å². The van der Waals surface area contributed by atoms with E-state index in [1.54, 1.807) is 12.1 Å². The molecule has 128 valence electrons. The molecule has 1 aliphatic rings. The summed E-state index contributed by atoms with van der Waals surface area (Å²) in [6.07, 6.45) is 5.34. The maximum atomic E-state index is 11.3. The molecule has 0 amide bonds. The fourth-order valence-electron chi connectivity index (χ4n) is 3.30. The third-order valence-corrected chi connectivity index (χ3v) is 4.47. The van der Waals surface area contributed by atoms with E-state index in [0.29, 0.717) is 22.6 Å². The normalized spacial score (nSPS) is 16.9. The highest BCUT2D eigenvalue weighted by atomic mass is 16.6. The van der Waals surface area contributed by atoms with Crippen molar-refractivity contribution in [1.82, 2.24) is 14.9 Å². The van der Waals surface area contributed by atoms with Crippen LogP contribution in [0.1, 0.15) is 26.2 Å². The topological polar surface area (TPSA) is 84.2 Å². The predicted octanol–water partition coefficient (Wildman–Crippen LogP) is 3.07. The minimum Gasteiger partial charge on any atom is -0.369 e. The molecule has 7 nitrogen and oxygen atoms in total. The van der Waals surface area contributed by atoms with Gasteiger partial charge in [-0.2, -0.15) is 0 Å². The fourth-order valence-corrected chi connectivity index (χ4v) is 3.30. The Morgan fingerprint density at radius 1 is 1.29 bits per heavy atom. The molecule has 1 atom stereocenters. The summed E-state index contributed by atoms with van der Waals surface area (Å²) < 4.78 is 0. The smallest absolute Gasteiger partial charge is 0.282 e. The summed E-state index contributed by atoms with van der Waals surface area (Å²) in [5.41, 5.74) is 0.629. The van der Waals surface area contributed by atoms with Gasteiger partial charge in [0, 0.05) is 19.2 Å². The van der Waals surface area contributed by atoms with Crippen LogP contribution >= 0.6 is 0 Å². The van der Waals surface area contributed by atoms with Gasteiger partial charge in [-0.1, -0.05) is 19.4 Å². The highest BCUT2D eigenvalue weighted by molar-refractivity contribution is 5.96. The zero-order valence-electron chi connectivity index (χ0n) is 13.9. The maximum Gasteiger partial charge on any atom is 0.282 e. The van der Waals surface area contributed by atoms with Crippen molar-refractivity contribution in [3.05, 3.63) is 34.6 Å². The third-order valence-electron chi connectivity index (χ3n) is 4.47. The van der Waals surface area contributed by atoms with Gasteiger partial charge >= 0.3 is 0 Å². The number of nitrogens with one attached hydrogen (secondary N) is 1. The standard InChI is InChI=1S/C17H23N5O2/c1-13(11-21-8-3-2-4-9-21)10-18-17-16-14(19-12-20-17)6-5-7-15(16)22(23)24/h5-7,12-13H,2-4,8-11H2,1H3,(H,18,19,20)/t13-/m1/s1. The van der Waals surface area contributed by atoms with Crippen LogP contribution in [0.4, 0.5) is 11.5 Å². The second-order valence-electron chi connectivity index (χ2n) is 6.50. The van der Waals surface area contributed by atoms with Crippen LogP contribution in [0, 0.1) is 16.0 Å². The molecule has 1 fully saturated rings. The Morgan fingerprint density at radius 2 is 2.08 bits per heavy atom. The summed E-state index contributed by atoms with van der Waals surface area (Å²) in [6, 6.07) is 4.91. The number of nitro benzene ring substituents is 1. The maximum absolute atomic E-state index is 11.3. The lowest BCUT2D eigenvalue weighted by atomic mass is 10.1. The number of nitrogens with zero attached hydrogens (tertiary/aromatic N) is 4. The number of nitro groups is 1. The number of piperidine rings is 1. The summed E-state index contributed by atoms with van der Waals surface area (Å²) >= 11 is 0. The molecule has 2 aromatic rings. The first kappa shape index (κ1) is 16.6. The van der Waals surface area contributed by atoms with Crippen LogP contribution in [0.25, 0.3) is 10.9 Å². The molecule has 0 spiro atoms. The highest BCUT2D eigenvalue weighted by Crippen LogP contribution is 2.29. The van der Waals surface area contributed by atoms with Gasteiger partial charge in [0.2, 0.25) is 0 Å². The molecule has 3 rings (SSSR count). The zero-order chi connectivity index (χ0) is 16.9. The predicted molar refractivity (Wildman–Crippen MR) is 94.1 cm³/mol. The summed E-state index contributed by atoms with van der Waals surface area (Å²) in [5, 5.41) is 15.1. The molecular formula is C17H23N5O2. The van der Waals surface area contributed by atoms with Crippen LogP contribution in [0.15, 0.2) is 24.5 Å². The van der Waals surface area contributed by atoms with Crippen molar-refractivity contribution in [2.45, 2.75) is 26.2 Å². The molecule has 0 radical (unpaired) electrons. The van der Waals surface area contributed by atoms with E-state index in [0.717, 1.165) is 13.1 Å². The van der Waals surface area contributed by atoms with Gasteiger partial charge in [-0.3, -0.25) is 10.1 Å². The van der Waals surface area contributed by atoms with E-state index in [-0.39, 0.29) is 10.6 Å². The van der Waals surface area contributed by atoms with Crippen molar-refractivity contribution in [1.29, 1.82) is 0 Å². The van der Waals surface area contributed by atoms with Crippen molar-refractivity contribution in [3.63, 3.8) is 0 Å². The number of hydrogen-bond donors (Lipinski definition) is 1. The van der Waals surface area contributed by atoms with Crippen LogP contribution in [0.3, 0.4) is 0 Å². The molecule has 1 aromatic heterocycles. The number of likely N-dealkylation sites (tertiary alicyclic amines) is 1. The second kappa shape index (κ2) is 7.53. The largest absolute Gasteiger partial charge is 0.369 e. The van der Waals surface area contributed by atoms with E-state index >= 15 is 0 Å². The Labute approximate surface area is 141 Å². The summed E-state index contributed by atoms with van der Waals surface area (Å²) in [6.45, 7) is 6.31. The van der Waals surface area contributed by atoms with E-state index < -0.39 is 0 Å². The van der Waals surface area contributed by atoms with Crippen LogP contribution in [-0.4, -0.2) is 46.0 Å². The number of non-ortho nitro benzene ring substituents is 1. The molecule has 7 heteroatoms. The van der Waals surface area contributed by atoms with Gasteiger partial charge in [-0.25, -0.2) is 9.97 Å². The molecular weight excluding hydrogens is 306 g/mol. The lowest BCUT2D eigenvalue weighted by molar-refractivity contribution is -0.383. The molecule has 2 heterocycles. The van der Waals surface area contributed by atoms with Crippen molar-refractivity contribution in [3.8, 4) is 0 Å². The minimum atomic E-state index is -0.381. The molecule has 1 aliphatic heterocycles. The average Bonchev–Trinajstić information content (AvgIpc) is 2.60. The van der Waals surface area contributed by atoms with Crippen molar-refractivity contribution >= 4 is 22.4 Å². The Morgan fingerprint density at radius 3 is 2.83 bits per heavy atom. The molecule has 0 unspecified atom stereocenters. The Balaban J connectivity index is 1.71. The van der Waals surface area contributed by atoms with Gasteiger partial charge in [-0.15, -0.1) is 0 Å². The van der Waals surface area contributed by atoms with Crippen molar-refractivity contribution in [2.75, 3.05) is 31.5 Å². The van der Waals surface area contributed by atoms with Crippen molar-refractivity contribution < 1.29 is 4.92 Å². The number of anilines is 1. The van der Waals surface area contributed by atoms with Crippen LogP contribution in [0.5, 0.6) is 0 Å². The molecule has 0 aliphatic carbocycles. The Hall–Kier alpha value is -2.28. The number of hydrogen-bond acceptors (Lipinski definition) is 6. The fraction of sp³-hybridized carbons (Fsp3) is 0.529. The van der Waals surface area contributed by atoms with E-state index in [4.69, 9.17) is 0 Å². The highest BCUT2D eigenvalue weighted by Gasteiger charge is 2.18. The van der Waals surface area contributed by atoms with Gasteiger partial charge in [0.15, 0.2) is 0 Å². The van der Waals surface area contributed by atoms with E-state index in [9.17, 15) is 10.1 Å². The first-order valence-electron chi connectivity index (χ1n) is 8.49. The molecule has 1 N–H and O–H groups in total. The van der Waals surface area contributed by atoms with E-state index in [2.05, 4.69) is 27.1 Å². The monoisotopic (exact) mass is 329 g/mol. The zero-order valence-corrected chi connectivity index (χ0v) is 13.9. The van der Waals surface area contributed by atoms with Gasteiger partial charge in [-0.05, 0) is 37.9 Å². The lowest BCUT2D eigenvalue weighted by Crippen LogP contribution is -2.35.